The first-order valence-corrected chi connectivity index (χ1v) is 6.60. The Labute approximate surface area is 126 Å². The molecule has 0 aliphatic rings. The highest BCUT2D eigenvalue weighted by molar-refractivity contribution is 6.39. The summed E-state index contributed by atoms with van der Waals surface area (Å²) >= 11 is 0. The largest absolute Gasteiger partial charge is 0.508 e. The summed E-state index contributed by atoms with van der Waals surface area (Å²) in [6.45, 7) is 0.266. The van der Waals surface area contributed by atoms with Crippen molar-refractivity contribution in [2.24, 2.45) is 0 Å². The number of benzene rings is 1. The van der Waals surface area contributed by atoms with Crippen LogP contribution in [0.5, 0.6) is 5.75 Å². The third-order valence-electron chi connectivity index (χ3n) is 2.91. The monoisotopic (exact) mass is 301 g/mol. The number of hydrogen-bond donors (Lipinski definition) is 4. The molecular formula is C15H15N3O4. The summed E-state index contributed by atoms with van der Waals surface area (Å²) in [4.78, 5) is 37.3. The summed E-state index contributed by atoms with van der Waals surface area (Å²) in [5.74, 6) is -1.55. The van der Waals surface area contributed by atoms with Crippen molar-refractivity contribution in [3.8, 4) is 5.75 Å². The molecule has 0 aliphatic heterocycles. The highest BCUT2D eigenvalue weighted by Crippen LogP contribution is 2.09. The Morgan fingerprint density at radius 1 is 1.09 bits per heavy atom. The molecular weight excluding hydrogens is 286 g/mol. The van der Waals surface area contributed by atoms with Crippen molar-refractivity contribution in [3.05, 3.63) is 58.5 Å². The number of nitrogens with one attached hydrogen (secondary N) is 3. The Balaban J connectivity index is 1.82. The standard InChI is InChI=1S/C15H15N3O4/c19-11-3-1-10(2-4-11)5-8-17-14(21)15(22)18-12-9-16-7-6-13(12)20/h1-4,6-7,9,19H,5,8H2,(H,16,20)(H,17,21)(H,18,22). The molecule has 7 heteroatoms. The Kier molecular flexibility index (Phi) is 4.92. The van der Waals surface area contributed by atoms with Crippen LogP contribution < -0.4 is 16.1 Å². The van der Waals surface area contributed by atoms with E-state index in [1.165, 1.54) is 18.5 Å². The van der Waals surface area contributed by atoms with E-state index in [0.717, 1.165) is 5.56 Å². The van der Waals surface area contributed by atoms with Crippen LogP contribution in [0.2, 0.25) is 0 Å². The highest BCUT2D eigenvalue weighted by atomic mass is 16.3. The average molecular weight is 301 g/mol. The van der Waals surface area contributed by atoms with Gasteiger partial charge in [0.2, 0.25) is 5.43 Å². The predicted molar refractivity (Wildman–Crippen MR) is 80.5 cm³/mol. The second-order valence-corrected chi connectivity index (χ2v) is 4.55. The van der Waals surface area contributed by atoms with Gasteiger partial charge in [-0.25, -0.2) is 0 Å². The zero-order chi connectivity index (χ0) is 15.9. The van der Waals surface area contributed by atoms with Gasteiger partial charge >= 0.3 is 11.8 Å². The summed E-state index contributed by atoms with van der Waals surface area (Å²) in [5.41, 5.74) is 0.545. The molecule has 1 aromatic carbocycles. The van der Waals surface area contributed by atoms with Gasteiger partial charge in [-0.05, 0) is 24.1 Å². The summed E-state index contributed by atoms with van der Waals surface area (Å²) in [6, 6.07) is 7.80. The minimum atomic E-state index is -0.901. The molecule has 2 rings (SSSR count). The number of carbonyl (C=O) groups excluding carboxylic acids is 2. The molecule has 1 heterocycles. The Hall–Kier alpha value is -3.09. The number of aromatic hydroxyl groups is 1. The van der Waals surface area contributed by atoms with Crippen molar-refractivity contribution in [2.45, 2.75) is 6.42 Å². The number of hydrogen-bond acceptors (Lipinski definition) is 4. The van der Waals surface area contributed by atoms with Crippen LogP contribution in [-0.4, -0.2) is 28.4 Å². The Bertz CT molecular complexity index is 722. The summed E-state index contributed by atoms with van der Waals surface area (Å²) in [7, 11) is 0. The number of aromatic amines is 1. The number of pyridine rings is 1. The van der Waals surface area contributed by atoms with Crippen molar-refractivity contribution < 1.29 is 14.7 Å². The van der Waals surface area contributed by atoms with E-state index >= 15 is 0 Å². The molecule has 0 unspecified atom stereocenters. The van der Waals surface area contributed by atoms with Crippen molar-refractivity contribution in [3.63, 3.8) is 0 Å². The number of phenols is 1. The van der Waals surface area contributed by atoms with E-state index in [9.17, 15) is 14.4 Å². The molecule has 22 heavy (non-hydrogen) atoms. The van der Waals surface area contributed by atoms with Gasteiger partial charge in [0.15, 0.2) is 0 Å². The first-order valence-electron chi connectivity index (χ1n) is 6.60. The number of phenolic OH excluding ortho intramolecular Hbond substituents is 1. The van der Waals surface area contributed by atoms with E-state index in [1.54, 1.807) is 24.3 Å². The van der Waals surface area contributed by atoms with Gasteiger partial charge in [0.05, 0.1) is 0 Å². The zero-order valence-electron chi connectivity index (χ0n) is 11.6. The first kappa shape index (κ1) is 15.3. The maximum Gasteiger partial charge on any atom is 0.313 e. The molecule has 4 N–H and O–H groups in total. The van der Waals surface area contributed by atoms with Gasteiger partial charge in [-0.3, -0.25) is 14.4 Å². The number of rotatable bonds is 4. The van der Waals surface area contributed by atoms with Gasteiger partial charge in [0, 0.05) is 25.0 Å². The average Bonchev–Trinajstić information content (AvgIpc) is 2.51. The lowest BCUT2D eigenvalue weighted by Crippen LogP contribution is -2.37. The molecule has 0 spiro atoms. The van der Waals surface area contributed by atoms with Crippen LogP contribution in [0.15, 0.2) is 47.5 Å². The van der Waals surface area contributed by atoms with Crippen LogP contribution in [0.25, 0.3) is 0 Å². The topological polar surface area (TPSA) is 111 Å². The molecule has 2 aromatic rings. The lowest BCUT2D eigenvalue weighted by molar-refractivity contribution is -0.136. The van der Waals surface area contributed by atoms with Crippen LogP contribution in [-0.2, 0) is 16.0 Å². The van der Waals surface area contributed by atoms with Crippen LogP contribution in [0, 0.1) is 0 Å². The van der Waals surface area contributed by atoms with Gasteiger partial charge in [-0.15, -0.1) is 0 Å². The van der Waals surface area contributed by atoms with Gasteiger partial charge in [-0.2, -0.15) is 0 Å². The van der Waals surface area contributed by atoms with Crippen LogP contribution in [0.1, 0.15) is 5.56 Å². The van der Waals surface area contributed by atoms with Crippen LogP contribution in [0.3, 0.4) is 0 Å². The van der Waals surface area contributed by atoms with Crippen LogP contribution >= 0.6 is 0 Å². The minimum Gasteiger partial charge on any atom is -0.508 e. The van der Waals surface area contributed by atoms with E-state index in [-0.39, 0.29) is 23.4 Å². The highest BCUT2D eigenvalue weighted by Gasteiger charge is 2.14. The Morgan fingerprint density at radius 3 is 2.50 bits per heavy atom. The van der Waals surface area contributed by atoms with Crippen molar-refractivity contribution in [1.82, 2.24) is 10.3 Å². The number of anilines is 1. The minimum absolute atomic E-state index is 0.0150. The fraction of sp³-hybridized carbons (Fsp3) is 0.133. The second kappa shape index (κ2) is 7.07. The van der Waals surface area contributed by atoms with E-state index in [0.29, 0.717) is 6.42 Å². The quantitative estimate of drug-likeness (QED) is 0.612. The maximum absolute atomic E-state index is 11.6. The third-order valence-corrected chi connectivity index (χ3v) is 2.91. The number of aromatic nitrogens is 1. The molecule has 1 aromatic heterocycles. The molecule has 0 fully saturated rings. The van der Waals surface area contributed by atoms with Gasteiger partial charge in [0.1, 0.15) is 11.4 Å². The lowest BCUT2D eigenvalue weighted by Gasteiger charge is -2.06. The second-order valence-electron chi connectivity index (χ2n) is 4.55. The fourth-order valence-electron chi connectivity index (χ4n) is 1.76. The maximum atomic E-state index is 11.6. The van der Waals surface area contributed by atoms with Crippen molar-refractivity contribution in [2.75, 3.05) is 11.9 Å². The Morgan fingerprint density at radius 2 is 1.82 bits per heavy atom. The SMILES string of the molecule is O=C(NCCc1ccc(O)cc1)C(=O)Nc1c[nH]ccc1=O. The van der Waals surface area contributed by atoms with E-state index in [2.05, 4.69) is 15.6 Å². The van der Waals surface area contributed by atoms with E-state index in [4.69, 9.17) is 5.11 Å². The third kappa shape index (κ3) is 4.20. The lowest BCUT2D eigenvalue weighted by atomic mass is 10.1. The summed E-state index contributed by atoms with van der Waals surface area (Å²) in [6.07, 6.45) is 3.25. The predicted octanol–water partition coefficient (Wildman–Crippen LogP) is 0.378. The first-order chi connectivity index (χ1) is 10.6. The fourth-order valence-corrected chi connectivity index (χ4v) is 1.76. The molecule has 0 bridgehead atoms. The molecule has 7 nitrogen and oxygen atoms in total. The van der Waals surface area contributed by atoms with E-state index < -0.39 is 11.8 Å². The van der Waals surface area contributed by atoms with Gasteiger partial charge in [0.25, 0.3) is 0 Å². The molecule has 114 valence electrons. The van der Waals surface area contributed by atoms with E-state index in [1.807, 2.05) is 0 Å². The number of carbonyl (C=O) groups is 2. The molecule has 0 radical (unpaired) electrons. The number of H-pyrrole nitrogens is 1. The molecule has 0 atom stereocenters. The van der Waals surface area contributed by atoms with Crippen LogP contribution in [0.4, 0.5) is 5.69 Å². The van der Waals surface area contributed by atoms with Crippen molar-refractivity contribution >= 4 is 17.5 Å². The molecule has 0 saturated heterocycles. The van der Waals surface area contributed by atoms with Gasteiger partial charge in [-0.1, -0.05) is 12.1 Å². The summed E-state index contributed by atoms with van der Waals surface area (Å²) < 4.78 is 0. The molecule has 0 saturated carbocycles. The molecule has 0 aliphatic carbocycles. The zero-order valence-corrected chi connectivity index (χ0v) is 11.6. The molecule has 2 amide bonds. The van der Waals surface area contributed by atoms with Gasteiger partial charge < -0.3 is 20.7 Å². The summed E-state index contributed by atoms with van der Waals surface area (Å²) in [5, 5.41) is 13.9. The number of amides is 2. The normalized spacial score (nSPS) is 10.0. The van der Waals surface area contributed by atoms with Crippen molar-refractivity contribution in [1.29, 1.82) is 0 Å². The smallest absolute Gasteiger partial charge is 0.313 e.